The molecule has 0 bridgehead atoms. The molecule has 1 fully saturated rings. The molecule has 28 heavy (non-hydrogen) atoms. The topological polar surface area (TPSA) is 98.7 Å². The first-order chi connectivity index (χ1) is 13.6. The van der Waals surface area contributed by atoms with Gasteiger partial charge in [0.05, 0.1) is 34.0 Å². The van der Waals surface area contributed by atoms with Gasteiger partial charge in [-0.15, -0.1) is 0 Å². The van der Waals surface area contributed by atoms with E-state index in [1.54, 1.807) is 32.2 Å². The van der Waals surface area contributed by atoms with E-state index in [4.69, 9.17) is 23.9 Å². The first-order valence-electron chi connectivity index (χ1n) is 9.19. The highest BCUT2D eigenvalue weighted by Gasteiger charge is 2.42. The maximum absolute atomic E-state index is 12.8. The van der Waals surface area contributed by atoms with Crippen LogP contribution in [-0.4, -0.2) is 69.9 Å². The van der Waals surface area contributed by atoms with Crippen LogP contribution in [0.5, 0.6) is 11.5 Å². The monoisotopic (exact) mass is 391 g/mol. The molecule has 9 nitrogen and oxygen atoms in total. The van der Waals surface area contributed by atoms with Crippen molar-refractivity contribution in [1.29, 1.82) is 0 Å². The van der Waals surface area contributed by atoms with Crippen molar-refractivity contribution < 1.29 is 28.5 Å². The number of hydrogen-bond acceptors (Lipinski definition) is 8. The Morgan fingerprint density at radius 3 is 2.61 bits per heavy atom. The summed E-state index contributed by atoms with van der Waals surface area (Å²) in [5, 5.41) is 2.75. The number of amides is 1. The summed E-state index contributed by atoms with van der Waals surface area (Å²) in [6.07, 6.45) is 0. The van der Waals surface area contributed by atoms with Gasteiger partial charge >= 0.3 is 5.97 Å². The Hall–Kier alpha value is -2.81. The van der Waals surface area contributed by atoms with Crippen LogP contribution < -0.4 is 14.8 Å². The molecule has 0 aromatic heterocycles. The van der Waals surface area contributed by atoms with Crippen LogP contribution in [0.15, 0.2) is 23.2 Å². The summed E-state index contributed by atoms with van der Waals surface area (Å²) in [7, 11) is 3.07. The molecule has 2 aliphatic rings. The number of hydrogen-bond donors (Lipinski definition) is 1. The zero-order valence-corrected chi connectivity index (χ0v) is 16.3. The maximum Gasteiger partial charge on any atom is 0.321 e. The molecule has 0 unspecified atom stereocenters. The van der Waals surface area contributed by atoms with Gasteiger partial charge in [0, 0.05) is 13.1 Å². The fraction of sp³-hybridized carbons (Fsp3) is 0.526. The highest BCUT2D eigenvalue weighted by Crippen LogP contribution is 2.36. The van der Waals surface area contributed by atoms with Crippen molar-refractivity contribution in [3.63, 3.8) is 0 Å². The first kappa shape index (κ1) is 19.9. The van der Waals surface area contributed by atoms with E-state index in [-0.39, 0.29) is 6.61 Å². The number of aliphatic imine (C=N–C) groups is 1. The van der Waals surface area contributed by atoms with Crippen molar-refractivity contribution in [2.75, 3.05) is 47.1 Å². The van der Waals surface area contributed by atoms with Crippen molar-refractivity contribution >= 4 is 17.8 Å². The largest absolute Gasteiger partial charge is 0.493 e. The minimum absolute atomic E-state index is 0.182. The molecule has 1 amide bonds. The molecule has 1 aromatic carbocycles. The third-order valence-corrected chi connectivity index (χ3v) is 4.69. The fourth-order valence-corrected chi connectivity index (χ4v) is 3.28. The minimum atomic E-state index is -1.08. The Morgan fingerprint density at radius 1 is 1.25 bits per heavy atom. The molecular formula is C19H25N3O6. The summed E-state index contributed by atoms with van der Waals surface area (Å²) in [6, 6.07) is 4.50. The number of methoxy groups -OCH3 is 2. The number of rotatable bonds is 5. The van der Waals surface area contributed by atoms with Crippen molar-refractivity contribution in [3.05, 3.63) is 23.8 Å². The standard InChI is InChI=1S/C19H25N3O6/c1-4-28-18(24)15-16(12-5-6-13(25-2)14(11-12)26-3)20-19(21-17(15)23)22-7-9-27-10-8-22/h5-6,11,15-16H,4,7-10H2,1-3H3,(H,20,21,23)/t15-,16-/m0/s1. The summed E-state index contributed by atoms with van der Waals surface area (Å²) in [4.78, 5) is 32.0. The summed E-state index contributed by atoms with van der Waals surface area (Å²) in [5.74, 6) is -0.635. The van der Waals surface area contributed by atoms with Crippen LogP contribution in [0.25, 0.3) is 0 Å². The van der Waals surface area contributed by atoms with Gasteiger partial charge in [-0.25, -0.2) is 4.99 Å². The van der Waals surface area contributed by atoms with Gasteiger partial charge in [-0.1, -0.05) is 6.07 Å². The van der Waals surface area contributed by atoms with Gasteiger partial charge in [0.1, 0.15) is 6.04 Å². The molecule has 0 radical (unpaired) electrons. The Kier molecular flexibility index (Phi) is 6.35. The van der Waals surface area contributed by atoms with Crippen molar-refractivity contribution in [2.24, 2.45) is 10.9 Å². The molecule has 3 rings (SSSR count). The number of carbonyl (C=O) groups excluding carboxylic acids is 2. The molecule has 0 spiro atoms. The predicted molar refractivity (Wildman–Crippen MR) is 100 cm³/mol. The maximum atomic E-state index is 12.8. The van der Waals surface area contributed by atoms with Crippen molar-refractivity contribution in [1.82, 2.24) is 10.2 Å². The van der Waals surface area contributed by atoms with Crippen LogP contribution in [0.3, 0.4) is 0 Å². The zero-order chi connectivity index (χ0) is 20.1. The molecular weight excluding hydrogens is 366 g/mol. The van der Waals surface area contributed by atoms with Gasteiger partial charge in [0.25, 0.3) is 0 Å². The van der Waals surface area contributed by atoms with Crippen LogP contribution in [0.1, 0.15) is 18.5 Å². The normalized spacial score (nSPS) is 22.2. The molecule has 1 saturated heterocycles. The molecule has 1 N–H and O–H groups in total. The molecule has 2 aliphatic heterocycles. The SMILES string of the molecule is CCOC(=O)[C@@H]1C(=O)NC(N2CCOCC2)=N[C@H]1c1ccc(OC)c(OC)c1. The summed E-state index contributed by atoms with van der Waals surface area (Å²) in [6.45, 7) is 4.21. The van der Waals surface area contributed by atoms with E-state index in [0.717, 1.165) is 0 Å². The molecule has 9 heteroatoms. The lowest BCUT2D eigenvalue weighted by atomic mass is 9.91. The Morgan fingerprint density at radius 2 is 1.96 bits per heavy atom. The van der Waals surface area contributed by atoms with Crippen molar-refractivity contribution in [2.45, 2.75) is 13.0 Å². The van der Waals surface area contributed by atoms with Gasteiger partial charge < -0.3 is 23.8 Å². The average molecular weight is 391 g/mol. The third-order valence-electron chi connectivity index (χ3n) is 4.69. The highest BCUT2D eigenvalue weighted by molar-refractivity contribution is 6.08. The van der Waals surface area contributed by atoms with E-state index in [0.29, 0.717) is 49.3 Å². The highest BCUT2D eigenvalue weighted by atomic mass is 16.5. The Bertz CT molecular complexity index is 760. The summed E-state index contributed by atoms with van der Waals surface area (Å²) in [5.41, 5.74) is 0.663. The molecule has 1 aromatic rings. The summed E-state index contributed by atoms with van der Waals surface area (Å²) < 4.78 is 21.1. The molecule has 2 heterocycles. The number of nitrogens with one attached hydrogen (secondary N) is 1. The van der Waals surface area contributed by atoms with E-state index >= 15 is 0 Å². The number of ether oxygens (including phenoxy) is 4. The minimum Gasteiger partial charge on any atom is -0.493 e. The summed E-state index contributed by atoms with van der Waals surface area (Å²) >= 11 is 0. The lowest BCUT2D eigenvalue weighted by molar-refractivity contribution is -0.153. The van der Waals surface area contributed by atoms with Gasteiger partial charge in [-0.2, -0.15) is 0 Å². The quantitative estimate of drug-likeness (QED) is 0.584. The van der Waals surface area contributed by atoms with E-state index < -0.39 is 23.8 Å². The number of esters is 1. The number of guanidine groups is 1. The lowest BCUT2D eigenvalue weighted by Crippen LogP contribution is -2.55. The average Bonchev–Trinajstić information content (AvgIpc) is 2.73. The molecule has 2 atom stereocenters. The Labute approximate surface area is 163 Å². The fourth-order valence-electron chi connectivity index (χ4n) is 3.28. The van der Waals surface area contributed by atoms with Crippen LogP contribution in [0.2, 0.25) is 0 Å². The van der Waals surface area contributed by atoms with Gasteiger partial charge in [0.2, 0.25) is 11.9 Å². The lowest BCUT2D eigenvalue weighted by Gasteiger charge is -2.35. The number of nitrogens with zero attached hydrogens (tertiary/aromatic N) is 2. The van der Waals surface area contributed by atoms with Crippen LogP contribution >= 0.6 is 0 Å². The van der Waals surface area contributed by atoms with E-state index in [2.05, 4.69) is 5.32 Å². The van der Waals surface area contributed by atoms with E-state index in [1.165, 1.54) is 7.11 Å². The number of carbonyl (C=O) groups is 2. The smallest absolute Gasteiger partial charge is 0.321 e. The second kappa shape index (κ2) is 8.92. The second-order valence-electron chi connectivity index (χ2n) is 6.33. The third kappa shape index (κ3) is 4.04. The molecule has 0 saturated carbocycles. The predicted octanol–water partition coefficient (Wildman–Crippen LogP) is 0.742. The van der Waals surface area contributed by atoms with Crippen LogP contribution in [0.4, 0.5) is 0 Å². The molecule has 0 aliphatic carbocycles. The van der Waals surface area contributed by atoms with Crippen LogP contribution in [-0.2, 0) is 19.1 Å². The van der Waals surface area contributed by atoms with Gasteiger partial charge in [-0.3, -0.25) is 14.9 Å². The molecule has 152 valence electrons. The number of morpholine rings is 1. The van der Waals surface area contributed by atoms with Crippen LogP contribution in [0, 0.1) is 5.92 Å². The van der Waals surface area contributed by atoms with Crippen molar-refractivity contribution in [3.8, 4) is 11.5 Å². The number of benzene rings is 1. The van der Waals surface area contributed by atoms with E-state index in [9.17, 15) is 9.59 Å². The first-order valence-corrected chi connectivity index (χ1v) is 9.19. The van der Waals surface area contributed by atoms with Gasteiger partial charge in [0.15, 0.2) is 17.4 Å². The van der Waals surface area contributed by atoms with Gasteiger partial charge in [-0.05, 0) is 24.6 Å². The second-order valence-corrected chi connectivity index (χ2v) is 6.33. The zero-order valence-electron chi connectivity index (χ0n) is 16.3. The Balaban J connectivity index is 2.01. The van der Waals surface area contributed by atoms with E-state index in [1.807, 2.05) is 4.90 Å².